The molecule has 1 fully saturated rings. The summed E-state index contributed by atoms with van der Waals surface area (Å²) in [7, 11) is 0. The van der Waals surface area contributed by atoms with Crippen molar-refractivity contribution in [3.05, 3.63) is 64.3 Å². The van der Waals surface area contributed by atoms with E-state index in [1.807, 2.05) is 12.1 Å². The molecule has 0 saturated carbocycles. The third kappa shape index (κ3) is 3.87. The highest BCUT2D eigenvalue weighted by molar-refractivity contribution is 5.57. The topological polar surface area (TPSA) is 77.1 Å². The Balaban J connectivity index is 1.18. The normalized spacial score (nSPS) is 17.5. The van der Waals surface area contributed by atoms with Gasteiger partial charge in [0.1, 0.15) is 11.5 Å². The van der Waals surface area contributed by atoms with E-state index < -0.39 is 0 Å². The van der Waals surface area contributed by atoms with Crippen molar-refractivity contribution in [1.82, 2.24) is 24.6 Å². The largest absolute Gasteiger partial charge is 0.361 e. The number of hydrogen-bond donors (Lipinski definition) is 0. The fraction of sp³-hybridized carbons (Fsp3) is 0.455. The Labute approximate surface area is 169 Å². The maximum atomic E-state index is 12.5. The molecule has 0 radical (unpaired) electrons. The van der Waals surface area contributed by atoms with Crippen LogP contribution in [0, 0.1) is 5.92 Å². The standard InChI is InChI=1S/C22H25N5O2/c28-22-12-19(17-4-8-23-9-5-17)24-15-27(22)13-16-6-10-26(11-7-16)14-20-18-2-1-3-21(18)29-25-20/h4-5,8-9,12,15-16H,1-3,6-7,10-11,13-14H2. The van der Waals surface area contributed by atoms with E-state index in [4.69, 9.17) is 4.52 Å². The first kappa shape index (κ1) is 18.2. The van der Waals surface area contributed by atoms with Gasteiger partial charge in [-0.15, -0.1) is 0 Å². The zero-order chi connectivity index (χ0) is 19.6. The van der Waals surface area contributed by atoms with Crippen LogP contribution in [0.2, 0.25) is 0 Å². The first-order valence-corrected chi connectivity index (χ1v) is 10.4. The van der Waals surface area contributed by atoms with Gasteiger partial charge < -0.3 is 4.52 Å². The van der Waals surface area contributed by atoms with Crippen LogP contribution < -0.4 is 5.56 Å². The lowest BCUT2D eigenvalue weighted by Crippen LogP contribution is -2.36. The number of rotatable bonds is 5. The molecule has 150 valence electrons. The van der Waals surface area contributed by atoms with Gasteiger partial charge in [-0.1, -0.05) is 5.16 Å². The highest BCUT2D eigenvalue weighted by Crippen LogP contribution is 2.27. The van der Waals surface area contributed by atoms with Crippen molar-refractivity contribution in [3.8, 4) is 11.3 Å². The molecular weight excluding hydrogens is 366 g/mol. The van der Waals surface area contributed by atoms with Crippen LogP contribution in [0.1, 0.15) is 36.3 Å². The van der Waals surface area contributed by atoms with E-state index in [9.17, 15) is 4.79 Å². The molecule has 0 bridgehead atoms. The Morgan fingerprint density at radius 1 is 1.14 bits per heavy atom. The maximum absolute atomic E-state index is 12.5. The molecule has 4 heterocycles. The van der Waals surface area contributed by atoms with Gasteiger partial charge in [-0.3, -0.25) is 19.2 Å². The lowest BCUT2D eigenvalue weighted by Gasteiger charge is -2.31. The van der Waals surface area contributed by atoms with E-state index in [0.717, 1.165) is 68.9 Å². The molecule has 3 aromatic rings. The molecule has 5 rings (SSSR count). The first-order chi connectivity index (χ1) is 14.3. The molecule has 2 aliphatic rings. The van der Waals surface area contributed by atoms with Crippen LogP contribution in [0.3, 0.4) is 0 Å². The Morgan fingerprint density at radius 3 is 2.76 bits per heavy atom. The molecule has 0 aromatic carbocycles. The van der Waals surface area contributed by atoms with Gasteiger partial charge >= 0.3 is 0 Å². The number of aryl methyl sites for hydroxylation is 1. The fourth-order valence-electron chi connectivity index (χ4n) is 4.47. The molecule has 29 heavy (non-hydrogen) atoms. The van der Waals surface area contributed by atoms with Gasteiger partial charge in [0.15, 0.2) is 0 Å². The summed E-state index contributed by atoms with van der Waals surface area (Å²) in [5, 5.41) is 4.29. The number of fused-ring (bicyclic) bond motifs is 1. The SMILES string of the molecule is O=c1cc(-c2ccncc2)ncn1CC1CCN(Cc2noc3c2CCC3)CC1. The third-order valence-corrected chi connectivity index (χ3v) is 6.17. The first-order valence-electron chi connectivity index (χ1n) is 10.4. The van der Waals surface area contributed by atoms with Crippen LogP contribution in [-0.4, -0.2) is 37.7 Å². The fourth-order valence-corrected chi connectivity index (χ4v) is 4.47. The summed E-state index contributed by atoms with van der Waals surface area (Å²) in [6.45, 7) is 3.68. The van der Waals surface area contributed by atoms with Crippen LogP contribution >= 0.6 is 0 Å². The van der Waals surface area contributed by atoms with Gasteiger partial charge in [-0.05, 0) is 56.8 Å². The number of likely N-dealkylation sites (tertiary alicyclic amines) is 1. The number of hydrogen-bond acceptors (Lipinski definition) is 6. The van der Waals surface area contributed by atoms with Crippen molar-refractivity contribution in [1.29, 1.82) is 0 Å². The minimum atomic E-state index is 0.00685. The smallest absolute Gasteiger partial charge is 0.253 e. The third-order valence-electron chi connectivity index (χ3n) is 6.17. The van der Waals surface area contributed by atoms with Crippen molar-refractivity contribution < 1.29 is 4.52 Å². The van der Waals surface area contributed by atoms with Gasteiger partial charge in [-0.25, -0.2) is 4.98 Å². The lowest BCUT2D eigenvalue weighted by molar-refractivity contribution is 0.162. The maximum Gasteiger partial charge on any atom is 0.253 e. The van der Waals surface area contributed by atoms with E-state index in [2.05, 4.69) is 20.0 Å². The molecule has 1 saturated heterocycles. The highest BCUT2D eigenvalue weighted by atomic mass is 16.5. The molecule has 7 heteroatoms. The van der Waals surface area contributed by atoms with Crippen molar-refractivity contribution in [3.63, 3.8) is 0 Å². The Morgan fingerprint density at radius 2 is 1.97 bits per heavy atom. The van der Waals surface area contributed by atoms with Crippen LogP contribution in [0.5, 0.6) is 0 Å². The molecule has 7 nitrogen and oxygen atoms in total. The Bertz CT molecular complexity index is 1030. The summed E-state index contributed by atoms with van der Waals surface area (Å²) in [4.78, 5) is 23.5. The Hall–Kier alpha value is -2.80. The van der Waals surface area contributed by atoms with Crippen LogP contribution in [0.4, 0.5) is 0 Å². The van der Waals surface area contributed by atoms with Gasteiger partial charge in [0.05, 0.1) is 12.0 Å². The van der Waals surface area contributed by atoms with Crippen molar-refractivity contribution >= 4 is 0 Å². The number of piperidine rings is 1. The van der Waals surface area contributed by atoms with Gasteiger partial charge in [0.2, 0.25) is 0 Å². The van der Waals surface area contributed by atoms with Crippen molar-refractivity contribution in [2.45, 2.75) is 45.2 Å². The minimum absolute atomic E-state index is 0.00685. The van der Waals surface area contributed by atoms with Gasteiger partial charge in [0, 0.05) is 49.1 Å². The molecule has 1 aliphatic carbocycles. The van der Waals surface area contributed by atoms with E-state index in [1.54, 1.807) is 29.4 Å². The number of nitrogens with zero attached hydrogens (tertiary/aromatic N) is 5. The molecule has 3 aromatic heterocycles. The van der Waals surface area contributed by atoms with E-state index in [1.165, 1.54) is 12.0 Å². The van der Waals surface area contributed by atoms with Crippen molar-refractivity contribution in [2.75, 3.05) is 13.1 Å². The molecule has 1 aliphatic heterocycles. The second-order valence-electron chi connectivity index (χ2n) is 8.10. The summed E-state index contributed by atoms with van der Waals surface area (Å²) in [6.07, 6.45) is 10.6. The molecular formula is C22H25N5O2. The average Bonchev–Trinajstić information content (AvgIpc) is 3.37. The van der Waals surface area contributed by atoms with Crippen molar-refractivity contribution in [2.24, 2.45) is 5.92 Å². The number of aromatic nitrogens is 4. The van der Waals surface area contributed by atoms with Gasteiger partial charge in [0.25, 0.3) is 5.56 Å². The predicted molar refractivity (Wildman–Crippen MR) is 108 cm³/mol. The van der Waals surface area contributed by atoms with E-state index in [-0.39, 0.29) is 5.56 Å². The quantitative estimate of drug-likeness (QED) is 0.666. The lowest BCUT2D eigenvalue weighted by atomic mass is 9.96. The van der Waals surface area contributed by atoms with Crippen LogP contribution in [0.15, 0.2) is 46.2 Å². The molecule has 0 amide bonds. The highest BCUT2D eigenvalue weighted by Gasteiger charge is 2.25. The average molecular weight is 391 g/mol. The summed E-state index contributed by atoms with van der Waals surface area (Å²) in [5.74, 6) is 1.59. The monoisotopic (exact) mass is 391 g/mol. The summed E-state index contributed by atoms with van der Waals surface area (Å²) >= 11 is 0. The number of pyridine rings is 1. The minimum Gasteiger partial charge on any atom is -0.361 e. The van der Waals surface area contributed by atoms with Crippen LogP contribution in [0.25, 0.3) is 11.3 Å². The van der Waals surface area contributed by atoms with Gasteiger partial charge in [-0.2, -0.15) is 0 Å². The zero-order valence-electron chi connectivity index (χ0n) is 16.5. The van der Waals surface area contributed by atoms with E-state index >= 15 is 0 Å². The van der Waals surface area contributed by atoms with Crippen LogP contribution in [-0.2, 0) is 25.9 Å². The summed E-state index contributed by atoms with van der Waals surface area (Å²) in [6, 6.07) is 5.35. The molecule has 0 spiro atoms. The summed E-state index contributed by atoms with van der Waals surface area (Å²) in [5.41, 5.74) is 4.09. The zero-order valence-corrected chi connectivity index (χ0v) is 16.5. The molecule has 0 atom stereocenters. The molecule has 0 N–H and O–H groups in total. The second-order valence-corrected chi connectivity index (χ2v) is 8.10. The second kappa shape index (κ2) is 7.91. The summed E-state index contributed by atoms with van der Waals surface area (Å²) < 4.78 is 7.22. The molecule has 0 unspecified atom stereocenters. The van der Waals surface area contributed by atoms with E-state index in [0.29, 0.717) is 11.6 Å². The predicted octanol–water partition coefficient (Wildman–Crippen LogP) is 2.69. The Kier molecular flexibility index (Phi) is 4.97.